The molecule has 2 aromatic rings. The number of nitrogens with zero attached hydrogens (tertiary/aromatic N) is 3. The first-order chi connectivity index (χ1) is 25.3. The summed E-state index contributed by atoms with van der Waals surface area (Å²) in [4.78, 5) is 62.8. The fourth-order valence-corrected chi connectivity index (χ4v) is 8.17. The smallest absolute Gasteiger partial charge is 0.309 e. The summed E-state index contributed by atoms with van der Waals surface area (Å²) in [6.07, 6.45) is 6.57. The average molecular weight is 753 g/mol. The molecule has 2 heterocycles. The fourth-order valence-electron chi connectivity index (χ4n) is 7.31. The van der Waals surface area contributed by atoms with Crippen LogP contribution >= 0.6 is 11.3 Å². The molecule has 294 valence electrons. The molecule has 0 saturated carbocycles. The molecule has 1 aromatic carbocycles. The number of benzene rings is 1. The van der Waals surface area contributed by atoms with Crippen molar-refractivity contribution in [2.45, 2.75) is 117 Å². The normalized spacial score (nSPS) is 18.3. The van der Waals surface area contributed by atoms with Gasteiger partial charge in [-0.2, -0.15) is 0 Å². The topological polar surface area (TPSA) is 118 Å². The molecule has 1 fully saturated rings. The fraction of sp³-hybridized carbons (Fsp3) is 0.643. The first kappa shape index (κ1) is 44.0. The van der Waals surface area contributed by atoms with Gasteiger partial charge in [0.25, 0.3) is 5.91 Å². The van der Waals surface area contributed by atoms with Gasteiger partial charge in [-0.3, -0.25) is 24.1 Å². The molecule has 1 aliphatic heterocycles. The van der Waals surface area contributed by atoms with Crippen molar-refractivity contribution in [3.8, 4) is 0 Å². The summed E-state index contributed by atoms with van der Waals surface area (Å²) in [5, 5.41) is 5.53. The van der Waals surface area contributed by atoms with Gasteiger partial charge in [0.2, 0.25) is 5.91 Å². The minimum atomic E-state index is -0.437. The number of likely N-dealkylation sites (N-methyl/N-ethyl adjacent to an activating group) is 1. The maximum absolute atomic E-state index is 14.3. The summed E-state index contributed by atoms with van der Waals surface area (Å²) in [6, 6.07) is 9.20. The third-order valence-electron chi connectivity index (χ3n) is 10.7. The predicted octanol–water partition coefficient (Wildman–Crippen LogP) is 7.30. The minimum absolute atomic E-state index is 0.00798. The largest absolute Gasteiger partial charge is 0.461 e. The molecule has 0 aliphatic carbocycles. The van der Waals surface area contributed by atoms with Gasteiger partial charge in [0.05, 0.1) is 12.0 Å². The highest BCUT2D eigenvalue weighted by molar-refractivity contribution is 7.09. The highest BCUT2D eigenvalue weighted by Crippen LogP contribution is 2.33. The third kappa shape index (κ3) is 13.1. The monoisotopic (exact) mass is 752 g/mol. The highest BCUT2D eigenvalue weighted by atomic mass is 32.1. The van der Waals surface area contributed by atoms with Gasteiger partial charge in [-0.15, -0.1) is 11.3 Å². The van der Waals surface area contributed by atoms with E-state index in [1.54, 1.807) is 12.3 Å². The summed E-state index contributed by atoms with van der Waals surface area (Å²) in [7, 11) is 3.86. The van der Waals surface area contributed by atoms with Crippen LogP contribution in [0, 0.1) is 23.7 Å². The van der Waals surface area contributed by atoms with Gasteiger partial charge in [0.15, 0.2) is 5.78 Å². The molecule has 10 nitrogen and oxygen atoms in total. The van der Waals surface area contributed by atoms with Crippen molar-refractivity contribution < 1.29 is 28.7 Å². The lowest BCUT2D eigenvalue weighted by Gasteiger charge is -2.37. The molecule has 53 heavy (non-hydrogen) atoms. The Kier molecular flexibility index (Phi) is 18.3. The number of aromatic nitrogens is 1. The van der Waals surface area contributed by atoms with E-state index in [1.807, 2.05) is 56.3 Å². The van der Waals surface area contributed by atoms with Crippen molar-refractivity contribution in [3.63, 3.8) is 0 Å². The molecule has 0 unspecified atom stereocenters. The number of carbonyl (C=O) groups is 4. The number of piperidine rings is 1. The Morgan fingerprint density at radius 1 is 1.09 bits per heavy atom. The second kappa shape index (κ2) is 22.1. The van der Waals surface area contributed by atoms with E-state index in [4.69, 9.17) is 14.5 Å². The molecule has 1 aliphatic rings. The van der Waals surface area contributed by atoms with E-state index < -0.39 is 17.9 Å². The first-order valence-corrected chi connectivity index (χ1v) is 20.4. The standard InChI is InChI=1S/C42H64N4O6S/c1-10-22-52-42(50)30(7)23-32(24-31-18-14-13-15-19-31)43-39(48)34-27-53-40(44-34)38(51-12-3)26-36(28(4)5)46(9)41(49)33(29(6)11-2)25-37(47)35-20-16-17-21-45(35)8/h10,13-15,18-19,27-30,32-33,35-36,38H,1,11-12,16-17,20-26H2,2-9H3,(H,43,48)/t29-,30-,32+,33-,35+,36+,38+/m0/s1. The Hall–Kier alpha value is -3.41. The van der Waals surface area contributed by atoms with Crippen molar-refractivity contribution in [1.82, 2.24) is 20.1 Å². The van der Waals surface area contributed by atoms with Gasteiger partial charge in [-0.05, 0) is 63.6 Å². The summed E-state index contributed by atoms with van der Waals surface area (Å²) in [5.41, 5.74) is 1.32. The molecular formula is C42H64N4O6S. The van der Waals surface area contributed by atoms with E-state index in [-0.39, 0.29) is 72.2 Å². The lowest BCUT2D eigenvalue weighted by atomic mass is 9.83. The Bertz CT molecular complexity index is 1460. The Balaban J connectivity index is 1.78. The average Bonchev–Trinajstić information content (AvgIpc) is 3.64. The van der Waals surface area contributed by atoms with Crippen LogP contribution in [0.4, 0.5) is 0 Å². The molecule has 11 heteroatoms. The van der Waals surface area contributed by atoms with E-state index in [0.29, 0.717) is 30.9 Å². The number of hydrogen-bond donors (Lipinski definition) is 1. The molecule has 0 spiro atoms. The van der Waals surface area contributed by atoms with E-state index in [1.165, 1.54) is 17.4 Å². The van der Waals surface area contributed by atoms with Crippen LogP contribution in [-0.2, 0) is 30.3 Å². The van der Waals surface area contributed by atoms with Gasteiger partial charge >= 0.3 is 5.97 Å². The molecule has 0 radical (unpaired) electrons. The second-order valence-corrected chi connectivity index (χ2v) is 16.0. The predicted molar refractivity (Wildman–Crippen MR) is 212 cm³/mol. The summed E-state index contributed by atoms with van der Waals surface area (Å²) in [5.74, 6) is -1.18. The van der Waals surface area contributed by atoms with Gasteiger partial charge in [-0.25, -0.2) is 4.98 Å². The molecule has 2 amide bonds. The second-order valence-electron chi connectivity index (χ2n) is 15.1. The maximum Gasteiger partial charge on any atom is 0.309 e. The number of esters is 1. The van der Waals surface area contributed by atoms with Crippen molar-refractivity contribution in [3.05, 3.63) is 64.6 Å². The molecule has 3 rings (SSSR count). The van der Waals surface area contributed by atoms with Gasteiger partial charge < -0.3 is 19.7 Å². The zero-order chi connectivity index (χ0) is 39.1. The summed E-state index contributed by atoms with van der Waals surface area (Å²) < 4.78 is 11.5. The van der Waals surface area contributed by atoms with Crippen LogP contribution in [0.2, 0.25) is 0 Å². The molecular weight excluding hydrogens is 689 g/mol. The number of thiazole rings is 1. The number of nitrogens with one attached hydrogen (secondary N) is 1. The Labute approximate surface area is 322 Å². The lowest BCUT2D eigenvalue weighted by Crippen LogP contribution is -2.48. The number of ether oxygens (including phenoxy) is 2. The number of carbonyl (C=O) groups excluding carboxylic acids is 4. The lowest BCUT2D eigenvalue weighted by molar-refractivity contribution is -0.147. The van der Waals surface area contributed by atoms with E-state index in [0.717, 1.165) is 37.8 Å². The Morgan fingerprint density at radius 3 is 2.43 bits per heavy atom. The first-order valence-electron chi connectivity index (χ1n) is 19.5. The van der Waals surface area contributed by atoms with E-state index >= 15 is 0 Å². The maximum atomic E-state index is 14.3. The molecule has 1 aromatic heterocycles. The van der Waals surface area contributed by atoms with Crippen LogP contribution < -0.4 is 5.32 Å². The number of likely N-dealkylation sites (tertiary alicyclic amines) is 1. The molecule has 1 N–H and O–H groups in total. The van der Waals surface area contributed by atoms with Crippen LogP contribution in [0.5, 0.6) is 0 Å². The SMILES string of the molecule is C=CCOC(=O)[C@@H](C)C[C@H](Cc1ccccc1)NC(=O)c1csc([C@@H](C[C@H](C(C)C)N(C)C(=O)[C@@H](CC(=O)[C@H]2CCCCN2C)[C@@H](C)CC)OCC)n1. The van der Waals surface area contributed by atoms with Gasteiger partial charge in [0.1, 0.15) is 23.4 Å². The van der Waals surface area contributed by atoms with Crippen molar-refractivity contribution in [2.24, 2.45) is 23.7 Å². The number of amides is 2. The summed E-state index contributed by atoms with van der Waals surface area (Å²) in [6.45, 7) is 17.2. The van der Waals surface area contributed by atoms with Crippen LogP contribution in [0.25, 0.3) is 0 Å². The third-order valence-corrected chi connectivity index (χ3v) is 11.7. The minimum Gasteiger partial charge on any atom is -0.461 e. The van der Waals surface area contributed by atoms with Crippen LogP contribution in [0.3, 0.4) is 0 Å². The number of ketones is 1. The van der Waals surface area contributed by atoms with Crippen LogP contribution in [0.15, 0.2) is 48.4 Å². The summed E-state index contributed by atoms with van der Waals surface area (Å²) >= 11 is 1.36. The molecule has 7 atom stereocenters. The van der Waals surface area contributed by atoms with Crippen LogP contribution in [0.1, 0.15) is 114 Å². The Morgan fingerprint density at radius 2 is 1.81 bits per heavy atom. The van der Waals surface area contributed by atoms with Crippen molar-refractivity contribution in [1.29, 1.82) is 0 Å². The quantitative estimate of drug-likeness (QED) is 0.0985. The van der Waals surface area contributed by atoms with E-state index in [2.05, 4.69) is 44.5 Å². The zero-order valence-corrected chi connectivity index (χ0v) is 34.2. The van der Waals surface area contributed by atoms with Gasteiger partial charge in [-0.1, -0.05) is 90.4 Å². The highest BCUT2D eigenvalue weighted by Gasteiger charge is 2.37. The number of Topliss-reactive ketones (excluding diaryl/α,β-unsaturated/α-hetero) is 1. The number of hydrogen-bond acceptors (Lipinski definition) is 9. The van der Waals surface area contributed by atoms with Crippen molar-refractivity contribution >= 4 is 34.9 Å². The molecule has 0 bridgehead atoms. The number of rotatable bonds is 22. The zero-order valence-electron chi connectivity index (χ0n) is 33.3. The van der Waals surface area contributed by atoms with Crippen LogP contribution in [-0.4, -0.2) is 90.3 Å². The molecule has 1 saturated heterocycles. The van der Waals surface area contributed by atoms with Gasteiger partial charge in [0, 0.05) is 49.9 Å². The van der Waals surface area contributed by atoms with Crippen molar-refractivity contribution in [2.75, 3.05) is 33.9 Å². The van der Waals surface area contributed by atoms with E-state index in [9.17, 15) is 19.2 Å².